The highest BCUT2D eigenvalue weighted by atomic mass is 16.7. The van der Waals surface area contributed by atoms with Gasteiger partial charge in [0.2, 0.25) is 0 Å². The lowest BCUT2D eigenvalue weighted by molar-refractivity contribution is -0.974. The molecule has 62 heavy (non-hydrogen) atoms. The zero-order valence-corrected chi connectivity index (χ0v) is 29.1. The minimum Gasteiger partial charge on any atom is -0.333 e. The van der Waals surface area contributed by atoms with Gasteiger partial charge >= 0.3 is 45.8 Å². The summed E-state index contributed by atoms with van der Waals surface area (Å²) >= 11 is 0. The van der Waals surface area contributed by atoms with E-state index in [1.165, 1.54) is 18.2 Å². The molecule has 0 aromatic heterocycles. The number of benzene rings is 3. The Bertz CT molecular complexity index is 2380. The largest absolute Gasteiger partial charge is 0.695 e. The van der Waals surface area contributed by atoms with Gasteiger partial charge < -0.3 is 10.6 Å². The maximum absolute atomic E-state index is 12.0. The summed E-state index contributed by atoms with van der Waals surface area (Å²) in [5.74, 6) is 0. The fraction of sp³-hybridized carbons (Fsp3) is 0.167. The fourth-order valence-electron chi connectivity index (χ4n) is 5.80. The predicted octanol–water partition coefficient (Wildman–Crippen LogP) is 2.67. The third-order valence-electron chi connectivity index (χ3n) is 8.31. The van der Waals surface area contributed by atoms with E-state index in [4.69, 9.17) is 0 Å². The van der Waals surface area contributed by atoms with Crippen LogP contribution in [-0.2, 0) is 0 Å². The van der Waals surface area contributed by atoms with Crippen LogP contribution in [0.1, 0.15) is 0 Å². The quantitative estimate of drug-likeness (QED) is 0.0903. The Balaban J connectivity index is 0.000000330. The average Bonchev–Trinajstić information content (AvgIpc) is 3.16. The van der Waals surface area contributed by atoms with E-state index in [1.807, 2.05) is 5.32 Å². The molecule has 3 aromatic rings. The van der Waals surface area contributed by atoms with E-state index in [1.54, 1.807) is 5.32 Å². The first-order valence-electron chi connectivity index (χ1n) is 15.1. The van der Waals surface area contributed by atoms with Crippen LogP contribution in [0.4, 0.5) is 51.2 Å². The number of nitro benzene ring substituents is 6. The SMILES string of the molecule is O=[N+]([O-])C1C=CC(Nc2ccccc2)([N+](=O)[O-])C([N+](=O)[O-])([N+](=O)[O-])C1([N+](=O)[O-])[N+](=O)[O-].O=[N+]([O-])c1cc([N+](=O)[O-])c(Nc2c([N+](=O)[O-])cc([N+](=O)[O-])cc2[N+](=O)[O-])c([N+](=O)[O-])c1. The molecule has 0 fully saturated rings. The molecule has 3 aromatic carbocycles. The highest BCUT2D eigenvalue weighted by molar-refractivity contribution is 5.88. The molecule has 1 aliphatic carbocycles. The van der Waals surface area contributed by atoms with Crippen molar-refractivity contribution in [2.24, 2.45) is 0 Å². The highest BCUT2D eigenvalue weighted by Gasteiger charge is 3.10. The molecule has 0 saturated carbocycles. The van der Waals surface area contributed by atoms with E-state index in [2.05, 4.69) is 0 Å². The van der Waals surface area contributed by atoms with Crippen molar-refractivity contribution in [2.45, 2.75) is 23.0 Å². The maximum Gasteiger partial charge on any atom is 0.695 e. The Morgan fingerprint density at radius 2 is 0.806 bits per heavy atom. The van der Waals surface area contributed by atoms with Crippen LogP contribution in [0.5, 0.6) is 0 Å². The van der Waals surface area contributed by atoms with Gasteiger partial charge in [-0.2, -0.15) is 0 Å². The Labute approximate surface area is 332 Å². The van der Waals surface area contributed by atoms with Crippen LogP contribution < -0.4 is 10.6 Å². The molecule has 0 spiro atoms. The molecule has 2 atom stereocenters. The van der Waals surface area contributed by atoms with Gasteiger partial charge in [-0.3, -0.25) is 121 Å². The van der Waals surface area contributed by atoms with E-state index in [0.717, 1.165) is 12.1 Å². The first-order chi connectivity index (χ1) is 28.7. The van der Waals surface area contributed by atoms with E-state index < -0.39 is 133 Å². The predicted molar refractivity (Wildman–Crippen MR) is 189 cm³/mol. The standard InChI is InChI=1S/C12H5N7O12.C12H9N7O12/c20-14(21)5-1-7(16(24)25)11(8(2-5)17(26)27)13-12-9(18(28)29)3-6(15(22)23)4-10(12)19(30)31;20-14(21)9-6-7-10(15(22)23,13-8-4-2-1-3-5-8)12(18(28)29,19(30)31)11(9,16(24)25)17(26)27/h1-4,13H;1-7,9,13H. The lowest BCUT2D eigenvalue weighted by Gasteiger charge is -2.34. The van der Waals surface area contributed by atoms with Crippen LogP contribution in [-0.4, -0.2) is 82.1 Å². The number of anilines is 3. The normalized spacial score (nSPS) is 16.7. The van der Waals surface area contributed by atoms with E-state index in [-0.39, 0.29) is 12.2 Å². The summed E-state index contributed by atoms with van der Waals surface area (Å²) in [5, 5.41) is 141. The van der Waals surface area contributed by atoms with Gasteiger partial charge in [0, 0.05) is 22.8 Å². The van der Waals surface area contributed by atoms with Gasteiger partial charge in [-0.1, -0.05) is 18.2 Å². The van der Waals surface area contributed by atoms with Crippen molar-refractivity contribution < 1.29 is 59.1 Å². The Kier molecular flexibility index (Phi) is 12.5. The smallest absolute Gasteiger partial charge is 0.333 e. The van der Waals surface area contributed by atoms with E-state index in [0.29, 0.717) is 24.3 Å². The molecule has 0 radical (unpaired) electrons. The summed E-state index contributed by atoms with van der Waals surface area (Å²) < 4.78 is 0. The highest BCUT2D eigenvalue weighted by Crippen LogP contribution is 2.49. The molecular weight excluding hydrogens is 868 g/mol. The van der Waals surface area contributed by atoms with Gasteiger partial charge in [0.05, 0.1) is 58.7 Å². The summed E-state index contributed by atoms with van der Waals surface area (Å²) in [5.41, 5.74) is -24.0. The maximum atomic E-state index is 12.0. The number of non-ortho nitro benzene ring substituents is 2. The molecule has 0 bridgehead atoms. The van der Waals surface area contributed by atoms with Gasteiger partial charge in [0.15, 0.2) is 11.4 Å². The van der Waals surface area contributed by atoms with Crippen LogP contribution in [0.15, 0.2) is 66.7 Å². The minimum absolute atomic E-state index is 0.0183. The van der Waals surface area contributed by atoms with Gasteiger partial charge in [-0.05, 0) is 12.1 Å². The molecular formula is C24H14N14O24. The zero-order valence-electron chi connectivity index (χ0n) is 29.1. The first kappa shape index (κ1) is 46.2. The molecule has 0 heterocycles. The Hall–Kier alpha value is -10.2. The van der Waals surface area contributed by atoms with Crippen molar-refractivity contribution in [1.29, 1.82) is 0 Å². The second kappa shape index (κ2) is 16.7. The van der Waals surface area contributed by atoms with Crippen molar-refractivity contribution in [2.75, 3.05) is 10.6 Å². The molecule has 324 valence electrons. The summed E-state index contributed by atoms with van der Waals surface area (Å²) in [7, 11) is 0. The first-order valence-corrected chi connectivity index (χ1v) is 15.1. The number of hydrogen-bond acceptors (Lipinski definition) is 26. The van der Waals surface area contributed by atoms with Gasteiger partial charge in [-0.25, -0.2) is 0 Å². The van der Waals surface area contributed by atoms with Crippen molar-refractivity contribution in [3.8, 4) is 0 Å². The fourth-order valence-corrected chi connectivity index (χ4v) is 5.80. The molecule has 4 rings (SSSR count). The third kappa shape index (κ3) is 7.38. The van der Waals surface area contributed by atoms with E-state index in [9.17, 15) is 121 Å². The zero-order chi connectivity index (χ0) is 47.4. The number of rotatable bonds is 16. The van der Waals surface area contributed by atoms with Crippen LogP contribution in [0.25, 0.3) is 0 Å². The minimum atomic E-state index is -5.02. The molecule has 0 saturated heterocycles. The molecule has 0 aliphatic heterocycles. The lowest BCUT2D eigenvalue weighted by Crippen LogP contribution is -2.88. The molecule has 38 nitrogen and oxygen atoms in total. The summed E-state index contributed by atoms with van der Waals surface area (Å²) in [4.78, 5) is 118. The van der Waals surface area contributed by atoms with Gasteiger partial charge in [0.25, 0.3) is 11.4 Å². The molecule has 2 unspecified atom stereocenters. The number of hydrogen-bond donors (Lipinski definition) is 2. The van der Waals surface area contributed by atoms with Crippen molar-refractivity contribution in [1.82, 2.24) is 0 Å². The summed E-state index contributed by atoms with van der Waals surface area (Å²) in [6.07, 6.45) is -0.0418. The number of nitrogens with zero attached hydrogens (tertiary/aromatic N) is 12. The summed E-state index contributed by atoms with van der Waals surface area (Å²) in [6.45, 7) is 0. The van der Waals surface area contributed by atoms with E-state index >= 15 is 0 Å². The molecule has 0 amide bonds. The molecule has 2 N–H and O–H groups in total. The number of nitro groups is 12. The average molecular weight is 882 g/mol. The number of para-hydroxylation sites is 1. The Morgan fingerprint density at radius 3 is 1.06 bits per heavy atom. The summed E-state index contributed by atoms with van der Waals surface area (Å²) in [6, 6.07) is 3.70. The van der Waals surface area contributed by atoms with Crippen LogP contribution in [0.3, 0.4) is 0 Å². The molecule has 1 aliphatic rings. The second-order valence-electron chi connectivity index (χ2n) is 11.4. The van der Waals surface area contributed by atoms with Crippen molar-refractivity contribution in [3.63, 3.8) is 0 Å². The van der Waals surface area contributed by atoms with Gasteiger partial charge in [-0.15, -0.1) is 0 Å². The second-order valence-corrected chi connectivity index (χ2v) is 11.4. The lowest BCUT2D eigenvalue weighted by atomic mass is 9.72. The van der Waals surface area contributed by atoms with Crippen LogP contribution in [0, 0.1) is 121 Å². The van der Waals surface area contributed by atoms with Crippen molar-refractivity contribution in [3.05, 3.63) is 188 Å². The number of nitrogens with one attached hydrogen (secondary N) is 2. The van der Waals surface area contributed by atoms with Crippen LogP contribution >= 0.6 is 0 Å². The monoisotopic (exact) mass is 882 g/mol. The third-order valence-corrected chi connectivity index (χ3v) is 8.31. The molecule has 38 heteroatoms. The van der Waals surface area contributed by atoms with Crippen LogP contribution in [0.2, 0.25) is 0 Å². The van der Waals surface area contributed by atoms with Gasteiger partial charge in [0.1, 0.15) is 19.7 Å². The Morgan fingerprint density at radius 1 is 0.452 bits per heavy atom. The van der Waals surface area contributed by atoms with Crippen molar-refractivity contribution >= 4 is 51.2 Å². The topological polar surface area (TPSA) is 542 Å².